The van der Waals surface area contributed by atoms with Gasteiger partial charge in [-0.1, -0.05) is 17.3 Å². The molecule has 2 rings (SSSR count). The number of aromatic nitrogens is 2. The second kappa shape index (κ2) is 6.46. The first-order valence-electron chi connectivity index (χ1n) is 6.21. The lowest BCUT2D eigenvalue weighted by Gasteiger charge is -2.09. The number of amides is 1. The molecule has 0 saturated heterocycles. The van der Waals surface area contributed by atoms with Crippen molar-refractivity contribution in [2.45, 2.75) is 19.5 Å². The van der Waals surface area contributed by atoms with Gasteiger partial charge in [-0.25, -0.2) is 4.63 Å². The molecule has 0 radical (unpaired) electrons. The summed E-state index contributed by atoms with van der Waals surface area (Å²) in [7, 11) is 0. The number of carbonyl (C=O) groups is 1. The SMILES string of the molecule is Cc1nonc1NC(=O)Cc1ccc(OCC(F)(F)F)cc1. The smallest absolute Gasteiger partial charge is 0.422 e. The van der Waals surface area contributed by atoms with Gasteiger partial charge in [0.15, 0.2) is 12.4 Å². The van der Waals surface area contributed by atoms with Gasteiger partial charge in [-0.05, 0) is 29.8 Å². The number of halogens is 3. The molecule has 0 saturated carbocycles. The van der Waals surface area contributed by atoms with Crippen molar-refractivity contribution in [3.05, 3.63) is 35.5 Å². The van der Waals surface area contributed by atoms with Crippen molar-refractivity contribution in [1.29, 1.82) is 0 Å². The van der Waals surface area contributed by atoms with E-state index in [0.29, 0.717) is 11.3 Å². The van der Waals surface area contributed by atoms with Crippen molar-refractivity contribution >= 4 is 11.7 Å². The molecule has 1 aromatic heterocycles. The number of ether oxygens (including phenoxy) is 1. The van der Waals surface area contributed by atoms with Crippen molar-refractivity contribution < 1.29 is 27.3 Å². The lowest BCUT2D eigenvalue weighted by molar-refractivity contribution is -0.153. The molecule has 0 aliphatic rings. The van der Waals surface area contributed by atoms with Gasteiger partial charge in [0, 0.05) is 0 Å². The fourth-order valence-corrected chi connectivity index (χ4v) is 1.58. The topological polar surface area (TPSA) is 77.3 Å². The highest BCUT2D eigenvalue weighted by molar-refractivity contribution is 5.91. The van der Waals surface area contributed by atoms with E-state index in [1.165, 1.54) is 24.3 Å². The summed E-state index contributed by atoms with van der Waals surface area (Å²) in [4.78, 5) is 11.8. The highest BCUT2D eigenvalue weighted by atomic mass is 19.4. The maximum absolute atomic E-state index is 12.0. The van der Waals surface area contributed by atoms with E-state index in [2.05, 4.69) is 25.0 Å². The van der Waals surface area contributed by atoms with Gasteiger partial charge in [0.25, 0.3) is 0 Å². The van der Waals surface area contributed by atoms with E-state index in [1.54, 1.807) is 6.92 Å². The number of anilines is 1. The molecule has 0 unspecified atom stereocenters. The zero-order valence-corrected chi connectivity index (χ0v) is 11.5. The van der Waals surface area contributed by atoms with Gasteiger partial charge in [0.1, 0.15) is 11.4 Å². The van der Waals surface area contributed by atoms with E-state index in [1.807, 2.05) is 0 Å². The van der Waals surface area contributed by atoms with Crippen LogP contribution in [0.3, 0.4) is 0 Å². The molecule has 1 aromatic carbocycles. The summed E-state index contributed by atoms with van der Waals surface area (Å²) >= 11 is 0. The van der Waals surface area contributed by atoms with Crippen molar-refractivity contribution in [1.82, 2.24) is 10.3 Å². The third kappa shape index (κ3) is 4.76. The van der Waals surface area contributed by atoms with Crippen LogP contribution in [-0.2, 0) is 11.2 Å². The molecular formula is C13H12F3N3O3. The summed E-state index contributed by atoms with van der Waals surface area (Å²) in [5.74, 6) is -0.0316. The van der Waals surface area contributed by atoms with Gasteiger partial charge in [-0.2, -0.15) is 13.2 Å². The number of nitrogens with zero attached hydrogens (tertiary/aromatic N) is 2. The largest absolute Gasteiger partial charge is 0.484 e. The van der Waals surface area contributed by atoms with E-state index in [9.17, 15) is 18.0 Å². The number of alkyl halides is 3. The molecule has 9 heteroatoms. The Kier molecular flexibility index (Phi) is 4.64. The molecule has 0 fully saturated rings. The summed E-state index contributed by atoms with van der Waals surface area (Å²) in [6.45, 7) is 0.268. The standard InChI is InChI=1S/C13H12F3N3O3/c1-8-12(19-22-18-8)17-11(20)6-9-2-4-10(5-3-9)21-7-13(14,15)16/h2-5H,6-7H2,1H3,(H,17,19,20). The van der Waals surface area contributed by atoms with Crippen LogP contribution in [0.15, 0.2) is 28.9 Å². The van der Waals surface area contributed by atoms with Crippen LogP contribution in [0, 0.1) is 6.92 Å². The third-order valence-corrected chi connectivity index (χ3v) is 2.60. The van der Waals surface area contributed by atoms with E-state index in [-0.39, 0.29) is 23.9 Å². The van der Waals surface area contributed by atoms with E-state index < -0.39 is 12.8 Å². The second-order valence-electron chi connectivity index (χ2n) is 4.47. The first-order chi connectivity index (χ1) is 10.3. The number of rotatable bonds is 5. The van der Waals surface area contributed by atoms with Crippen molar-refractivity contribution in [3.8, 4) is 5.75 Å². The Morgan fingerprint density at radius 2 is 1.95 bits per heavy atom. The zero-order valence-electron chi connectivity index (χ0n) is 11.5. The summed E-state index contributed by atoms with van der Waals surface area (Å²) in [6, 6.07) is 5.77. The van der Waals surface area contributed by atoms with Crippen LogP contribution >= 0.6 is 0 Å². The number of benzene rings is 1. The summed E-state index contributed by atoms with van der Waals surface area (Å²) in [5, 5.41) is 9.55. The van der Waals surface area contributed by atoms with E-state index >= 15 is 0 Å². The highest BCUT2D eigenvalue weighted by Crippen LogP contribution is 2.19. The first kappa shape index (κ1) is 15.8. The normalized spacial score (nSPS) is 11.3. The zero-order chi connectivity index (χ0) is 16.2. The molecule has 6 nitrogen and oxygen atoms in total. The van der Waals surface area contributed by atoms with Gasteiger partial charge in [-0.15, -0.1) is 0 Å². The van der Waals surface area contributed by atoms with Gasteiger partial charge in [0.05, 0.1) is 6.42 Å². The Morgan fingerprint density at radius 3 is 2.50 bits per heavy atom. The first-order valence-corrected chi connectivity index (χ1v) is 6.21. The van der Waals surface area contributed by atoms with Crippen LogP contribution in [0.25, 0.3) is 0 Å². The van der Waals surface area contributed by atoms with Gasteiger partial charge >= 0.3 is 6.18 Å². The van der Waals surface area contributed by atoms with Crippen LogP contribution in [0.1, 0.15) is 11.3 Å². The summed E-state index contributed by atoms with van der Waals surface area (Å²) in [6.07, 6.45) is -4.35. The molecule has 1 N–H and O–H groups in total. The van der Waals surface area contributed by atoms with Gasteiger partial charge in [0.2, 0.25) is 5.91 Å². The lowest BCUT2D eigenvalue weighted by atomic mass is 10.1. The molecule has 1 heterocycles. The molecule has 1 amide bonds. The van der Waals surface area contributed by atoms with Crippen LogP contribution in [-0.4, -0.2) is 29.0 Å². The minimum Gasteiger partial charge on any atom is -0.484 e. The Hall–Kier alpha value is -2.58. The number of hydrogen-bond donors (Lipinski definition) is 1. The Labute approximate surface area is 123 Å². The second-order valence-corrected chi connectivity index (χ2v) is 4.47. The summed E-state index contributed by atoms with van der Waals surface area (Å²) < 4.78 is 45.0. The maximum Gasteiger partial charge on any atom is 0.422 e. The van der Waals surface area contributed by atoms with E-state index in [0.717, 1.165) is 0 Å². The quantitative estimate of drug-likeness (QED) is 0.917. The molecule has 0 bridgehead atoms. The molecule has 0 atom stereocenters. The Bertz CT molecular complexity index is 638. The Morgan fingerprint density at radius 1 is 1.27 bits per heavy atom. The van der Waals surface area contributed by atoms with Crippen molar-refractivity contribution in [3.63, 3.8) is 0 Å². The molecule has 118 valence electrons. The molecule has 0 aliphatic heterocycles. The van der Waals surface area contributed by atoms with Crippen LogP contribution in [0.2, 0.25) is 0 Å². The fraction of sp³-hybridized carbons (Fsp3) is 0.308. The minimum absolute atomic E-state index is 0.0336. The Balaban J connectivity index is 1.88. The maximum atomic E-state index is 12.0. The number of aryl methyl sites for hydroxylation is 1. The fourth-order valence-electron chi connectivity index (χ4n) is 1.58. The number of hydrogen-bond acceptors (Lipinski definition) is 5. The number of carbonyl (C=O) groups excluding carboxylic acids is 1. The highest BCUT2D eigenvalue weighted by Gasteiger charge is 2.28. The van der Waals surface area contributed by atoms with Gasteiger partial charge in [-0.3, -0.25) is 4.79 Å². The predicted octanol–water partition coefficient (Wildman–Crippen LogP) is 2.50. The molecule has 0 spiro atoms. The van der Waals surface area contributed by atoms with Crippen LogP contribution in [0.4, 0.5) is 19.0 Å². The number of nitrogens with one attached hydrogen (secondary N) is 1. The van der Waals surface area contributed by atoms with Crippen molar-refractivity contribution in [2.75, 3.05) is 11.9 Å². The van der Waals surface area contributed by atoms with Crippen molar-refractivity contribution in [2.24, 2.45) is 0 Å². The molecular weight excluding hydrogens is 303 g/mol. The monoisotopic (exact) mass is 315 g/mol. The minimum atomic E-state index is -4.39. The van der Waals surface area contributed by atoms with Crippen LogP contribution < -0.4 is 10.1 Å². The average molecular weight is 315 g/mol. The van der Waals surface area contributed by atoms with Gasteiger partial charge < -0.3 is 10.1 Å². The third-order valence-electron chi connectivity index (χ3n) is 2.60. The molecule has 2 aromatic rings. The lowest BCUT2D eigenvalue weighted by Crippen LogP contribution is -2.19. The van der Waals surface area contributed by atoms with Crippen LogP contribution in [0.5, 0.6) is 5.75 Å². The summed E-state index contributed by atoms with van der Waals surface area (Å²) in [5.41, 5.74) is 1.07. The average Bonchev–Trinajstić information content (AvgIpc) is 2.82. The molecule has 0 aliphatic carbocycles. The van der Waals surface area contributed by atoms with E-state index in [4.69, 9.17) is 0 Å². The predicted molar refractivity (Wildman–Crippen MR) is 69.4 cm³/mol. The molecule has 22 heavy (non-hydrogen) atoms.